The van der Waals surface area contributed by atoms with Gasteiger partial charge in [0, 0.05) is 13.0 Å². The maximum atomic E-state index is 12.7. The lowest BCUT2D eigenvalue weighted by molar-refractivity contribution is -0.114. The SMILES string of the molecule is COc1ccc(S(=O)(=O)Nc2ccc(NS(C)(=O)=O)c(OC)c2)cc1NC(C)=O. The van der Waals surface area contributed by atoms with Gasteiger partial charge in [0.1, 0.15) is 11.5 Å². The van der Waals surface area contributed by atoms with Gasteiger partial charge in [-0.2, -0.15) is 0 Å². The molecular formula is C17H21N3O7S2. The zero-order valence-electron chi connectivity index (χ0n) is 16.1. The molecule has 0 unspecified atom stereocenters. The molecule has 158 valence electrons. The van der Waals surface area contributed by atoms with Crippen LogP contribution in [0.1, 0.15) is 6.92 Å². The number of anilines is 3. The summed E-state index contributed by atoms with van der Waals surface area (Å²) in [5, 5.41) is 2.51. The second-order valence-corrected chi connectivity index (χ2v) is 9.37. The molecule has 0 heterocycles. The molecule has 0 bridgehead atoms. The molecule has 0 aliphatic heterocycles. The number of rotatable bonds is 8. The minimum Gasteiger partial charge on any atom is -0.495 e. The summed E-state index contributed by atoms with van der Waals surface area (Å²) in [4.78, 5) is 11.2. The molecule has 0 aromatic heterocycles. The van der Waals surface area contributed by atoms with E-state index in [2.05, 4.69) is 14.8 Å². The van der Waals surface area contributed by atoms with Gasteiger partial charge in [-0.15, -0.1) is 0 Å². The maximum Gasteiger partial charge on any atom is 0.261 e. The first-order valence-electron chi connectivity index (χ1n) is 8.09. The summed E-state index contributed by atoms with van der Waals surface area (Å²) in [5.74, 6) is 0.0471. The van der Waals surface area contributed by atoms with Gasteiger partial charge in [-0.25, -0.2) is 16.8 Å². The van der Waals surface area contributed by atoms with Crippen molar-refractivity contribution in [3.05, 3.63) is 36.4 Å². The molecular weight excluding hydrogens is 422 g/mol. The Morgan fingerprint density at radius 1 is 0.862 bits per heavy atom. The van der Waals surface area contributed by atoms with Gasteiger partial charge in [-0.05, 0) is 30.3 Å². The average molecular weight is 444 g/mol. The highest BCUT2D eigenvalue weighted by Gasteiger charge is 2.18. The molecule has 1 amide bonds. The molecule has 0 aliphatic carbocycles. The summed E-state index contributed by atoms with van der Waals surface area (Å²) in [6.45, 7) is 1.29. The van der Waals surface area contributed by atoms with Crippen LogP contribution in [-0.2, 0) is 24.8 Å². The molecule has 0 atom stereocenters. The number of ether oxygens (including phenoxy) is 2. The van der Waals surface area contributed by atoms with Crippen LogP contribution in [0, 0.1) is 0 Å². The zero-order valence-corrected chi connectivity index (χ0v) is 17.8. The molecule has 3 N–H and O–H groups in total. The van der Waals surface area contributed by atoms with E-state index < -0.39 is 20.0 Å². The minimum atomic E-state index is -4.02. The van der Waals surface area contributed by atoms with E-state index in [0.29, 0.717) is 5.75 Å². The van der Waals surface area contributed by atoms with E-state index >= 15 is 0 Å². The smallest absolute Gasteiger partial charge is 0.261 e. The number of carbonyl (C=O) groups is 1. The molecule has 29 heavy (non-hydrogen) atoms. The van der Waals surface area contributed by atoms with Crippen molar-refractivity contribution in [1.82, 2.24) is 0 Å². The van der Waals surface area contributed by atoms with Crippen LogP contribution >= 0.6 is 0 Å². The molecule has 2 rings (SSSR count). The number of hydrogen-bond acceptors (Lipinski definition) is 7. The van der Waals surface area contributed by atoms with Gasteiger partial charge in [0.15, 0.2) is 0 Å². The second-order valence-electron chi connectivity index (χ2n) is 5.94. The number of methoxy groups -OCH3 is 2. The summed E-state index contributed by atoms with van der Waals surface area (Å²) in [5.41, 5.74) is 0.515. The molecule has 0 saturated carbocycles. The Bertz CT molecular complexity index is 1130. The van der Waals surface area contributed by atoms with Crippen molar-refractivity contribution in [1.29, 1.82) is 0 Å². The van der Waals surface area contributed by atoms with Crippen molar-refractivity contribution < 1.29 is 31.1 Å². The Labute approximate surface area is 169 Å². The van der Waals surface area contributed by atoms with Crippen LogP contribution in [0.5, 0.6) is 11.5 Å². The maximum absolute atomic E-state index is 12.7. The third-order valence-corrected chi connectivity index (χ3v) is 5.51. The minimum absolute atomic E-state index is 0.112. The van der Waals surface area contributed by atoms with E-state index in [9.17, 15) is 21.6 Å². The molecule has 12 heteroatoms. The first-order valence-corrected chi connectivity index (χ1v) is 11.5. The van der Waals surface area contributed by atoms with Crippen molar-refractivity contribution >= 4 is 43.0 Å². The normalized spacial score (nSPS) is 11.4. The van der Waals surface area contributed by atoms with E-state index in [1.807, 2.05) is 0 Å². The van der Waals surface area contributed by atoms with Crippen LogP contribution in [0.4, 0.5) is 17.1 Å². The molecule has 0 spiro atoms. The number of amides is 1. The van der Waals surface area contributed by atoms with E-state index in [1.54, 1.807) is 0 Å². The van der Waals surface area contributed by atoms with Gasteiger partial charge in [0.05, 0.1) is 42.4 Å². The highest BCUT2D eigenvalue weighted by Crippen LogP contribution is 2.31. The summed E-state index contributed by atoms with van der Waals surface area (Å²) >= 11 is 0. The lowest BCUT2D eigenvalue weighted by Crippen LogP contribution is -2.15. The van der Waals surface area contributed by atoms with E-state index in [0.717, 1.165) is 6.26 Å². The van der Waals surface area contributed by atoms with Crippen LogP contribution in [0.3, 0.4) is 0 Å². The Morgan fingerprint density at radius 3 is 2.07 bits per heavy atom. The van der Waals surface area contributed by atoms with Crippen molar-refractivity contribution in [2.75, 3.05) is 35.2 Å². The summed E-state index contributed by atoms with van der Waals surface area (Å²) < 4.78 is 63.2. The predicted octanol–water partition coefficient (Wildman–Crippen LogP) is 1.83. The molecule has 0 fully saturated rings. The van der Waals surface area contributed by atoms with Crippen LogP contribution < -0.4 is 24.2 Å². The Kier molecular flexibility index (Phi) is 6.59. The van der Waals surface area contributed by atoms with Crippen LogP contribution in [0.15, 0.2) is 41.3 Å². The lowest BCUT2D eigenvalue weighted by Gasteiger charge is -2.14. The van der Waals surface area contributed by atoms with E-state index in [4.69, 9.17) is 9.47 Å². The van der Waals surface area contributed by atoms with Gasteiger partial charge in [-0.3, -0.25) is 14.2 Å². The topological polar surface area (TPSA) is 140 Å². The van der Waals surface area contributed by atoms with Gasteiger partial charge in [-0.1, -0.05) is 0 Å². The zero-order chi connectivity index (χ0) is 21.8. The highest BCUT2D eigenvalue weighted by atomic mass is 32.2. The Balaban J connectivity index is 2.37. The third-order valence-electron chi connectivity index (χ3n) is 3.54. The van der Waals surface area contributed by atoms with Gasteiger partial charge in [0.2, 0.25) is 15.9 Å². The highest BCUT2D eigenvalue weighted by molar-refractivity contribution is 7.92. The fourth-order valence-electron chi connectivity index (χ4n) is 2.39. The van der Waals surface area contributed by atoms with Gasteiger partial charge in [0.25, 0.3) is 10.0 Å². The largest absolute Gasteiger partial charge is 0.495 e. The van der Waals surface area contributed by atoms with Crippen LogP contribution in [-0.4, -0.2) is 43.2 Å². The average Bonchev–Trinajstić information content (AvgIpc) is 2.61. The summed E-state index contributed by atoms with van der Waals surface area (Å²) in [6, 6.07) is 8.09. The first kappa shape index (κ1) is 22.3. The number of sulfonamides is 2. The monoisotopic (exact) mass is 443 g/mol. The molecule has 2 aromatic carbocycles. The van der Waals surface area contributed by atoms with Crippen molar-refractivity contribution in [2.24, 2.45) is 0 Å². The fraction of sp³-hybridized carbons (Fsp3) is 0.235. The van der Waals surface area contributed by atoms with E-state index in [-0.39, 0.29) is 33.6 Å². The molecule has 0 radical (unpaired) electrons. The van der Waals surface area contributed by atoms with Gasteiger partial charge >= 0.3 is 0 Å². The van der Waals surface area contributed by atoms with Crippen molar-refractivity contribution in [3.63, 3.8) is 0 Å². The third kappa shape index (κ3) is 5.99. The van der Waals surface area contributed by atoms with Crippen molar-refractivity contribution in [2.45, 2.75) is 11.8 Å². The van der Waals surface area contributed by atoms with Crippen LogP contribution in [0.25, 0.3) is 0 Å². The standard InChI is InChI=1S/C17H21N3O7S2/c1-11(21)18-15-10-13(6-8-16(15)26-2)29(24,25)19-12-5-7-14(17(9-12)27-3)20-28(4,22)23/h5-10,19-20H,1-4H3,(H,18,21). The summed E-state index contributed by atoms with van der Waals surface area (Å²) in [7, 11) is -4.84. The lowest BCUT2D eigenvalue weighted by atomic mass is 10.2. The number of nitrogens with one attached hydrogen (secondary N) is 3. The second kappa shape index (κ2) is 8.57. The molecule has 2 aromatic rings. The fourth-order valence-corrected chi connectivity index (χ4v) is 4.04. The number of carbonyl (C=O) groups excluding carboxylic acids is 1. The number of benzene rings is 2. The quantitative estimate of drug-likeness (QED) is 0.565. The van der Waals surface area contributed by atoms with E-state index in [1.165, 1.54) is 57.5 Å². The molecule has 10 nitrogen and oxygen atoms in total. The number of hydrogen-bond donors (Lipinski definition) is 3. The summed E-state index contributed by atoms with van der Waals surface area (Å²) in [6.07, 6.45) is 0.986. The predicted molar refractivity (Wildman–Crippen MR) is 110 cm³/mol. The molecule has 0 aliphatic rings. The van der Waals surface area contributed by atoms with Crippen molar-refractivity contribution in [3.8, 4) is 11.5 Å². The molecule has 0 saturated heterocycles. The first-order chi connectivity index (χ1) is 13.4. The van der Waals surface area contributed by atoms with Gasteiger partial charge < -0.3 is 14.8 Å². The Hall–Kier alpha value is -2.99. The Morgan fingerprint density at radius 2 is 1.52 bits per heavy atom. The van der Waals surface area contributed by atoms with Crippen LogP contribution in [0.2, 0.25) is 0 Å².